The number of aromatic nitrogens is 1. The molecule has 1 amide bonds. The summed E-state index contributed by atoms with van der Waals surface area (Å²) in [6.45, 7) is 3.56. The molecule has 0 atom stereocenters. The summed E-state index contributed by atoms with van der Waals surface area (Å²) in [4.78, 5) is 43.1. The Morgan fingerprint density at radius 1 is 1.10 bits per heavy atom. The van der Waals surface area contributed by atoms with Gasteiger partial charge < -0.3 is 19.1 Å². The van der Waals surface area contributed by atoms with Gasteiger partial charge in [-0.05, 0) is 38.3 Å². The molecule has 2 aromatic rings. The van der Waals surface area contributed by atoms with E-state index >= 15 is 0 Å². The second-order valence-corrected chi connectivity index (χ2v) is 10.3. The summed E-state index contributed by atoms with van der Waals surface area (Å²) in [6, 6.07) is 11.8. The maximum absolute atomic E-state index is 12.7. The number of hydrogen-bond acceptors (Lipinski definition) is 11. The fourth-order valence-electron chi connectivity index (χ4n) is 4.03. The van der Waals surface area contributed by atoms with Crippen molar-refractivity contribution >= 4 is 33.7 Å². The Kier molecular flexibility index (Phi) is 10.2. The van der Waals surface area contributed by atoms with Gasteiger partial charge in [-0.15, -0.1) is 0 Å². The van der Waals surface area contributed by atoms with E-state index < -0.39 is 40.4 Å². The summed E-state index contributed by atoms with van der Waals surface area (Å²) in [6.07, 6.45) is 0.607. The lowest BCUT2D eigenvalue weighted by atomic mass is 9.96. The van der Waals surface area contributed by atoms with E-state index in [2.05, 4.69) is 9.71 Å². The lowest BCUT2D eigenvalue weighted by molar-refractivity contribution is -0.145. The summed E-state index contributed by atoms with van der Waals surface area (Å²) < 4.78 is 42.5. The third kappa shape index (κ3) is 8.15. The van der Waals surface area contributed by atoms with Crippen molar-refractivity contribution in [3.05, 3.63) is 53.1 Å². The van der Waals surface area contributed by atoms with Crippen LogP contribution in [0.3, 0.4) is 0 Å². The molecule has 0 aliphatic carbocycles. The third-order valence-electron chi connectivity index (χ3n) is 5.84. The molecule has 12 nitrogen and oxygen atoms in total. The van der Waals surface area contributed by atoms with E-state index in [4.69, 9.17) is 14.2 Å². The van der Waals surface area contributed by atoms with E-state index in [0.29, 0.717) is 18.4 Å². The van der Waals surface area contributed by atoms with Crippen molar-refractivity contribution in [3.63, 3.8) is 0 Å². The molecule has 1 N–H and O–H groups in total. The first-order valence-electron chi connectivity index (χ1n) is 12.4. The Morgan fingerprint density at radius 2 is 1.77 bits per heavy atom. The number of ether oxygens (including phenoxy) is 3. The Hall–Kier alpha value is -4.18. The smallest absolute Gasteiger partial charge is 0.344 e. The molecule has 3 rings (SSSR count). The van der Waals surface area contributed by atoms with Crippen LogP contribution in [-0.2, 0) is 34.8 Å². The second kappa shape index (κ2) is 13.6. The third-order valence-corrected chi connectivity index (χ3v) is 7.06. The zero-order valence-corrected chi connectivity index (χ0v) is 22.5. The van der Waals surface area contributed by atoms with Gasteiger partial charge in [-0.2, -0.15) is 10.2 Å². The normalized spacial score (nSPS) is 13.7. The molecule has 1 aromatic heterocycles. The van der Waals surface area contributed by atoms with Crippen molar-refractivity contribution in [3.8, 4) is 11.9 Å². The number of esters is 2. The van der Waals surface area contributed by atoms with Crippen LogP contribution >= 0.6 is 0 Å². The molecule has 0 bridgehead atoms. The van der Waals surface area contributed by atoms with Gasteiger partial charge >= 0.3 is 11.9 Å². The molecule has 2 heterocycles. The molecule has 0 saturated carbocycles. The molecule has 1 aliphatic heterocycles. The number of nitrogens with zero attached hydrogens (tertiary/aromatic N) is 3. The van der Waals surface area contributed by atoms with Gasteiger partial charge in [0, 0.05) is 19.0 Å². The van der Waals surface area contributed by atoms with Crippen molar-refractivity contribution in [2.24, 2.45) is 5.92 Å². The predicted octanol–water partition coefficient (Wildman–Crippen LogP) is 1.93. The van der Waals surface area contributed by atoms with E-state index in [1.54, 1.807) is 49.1 Å². The lowest BCUT2D eigenvalue weighted by Gasteiger charge is -2.32. The Labute approximate surface area is 226 Å². The molecule has 1 aromatic carbocycles. The van der Waals surface area contributed by atoms with E-state index in [-0.39, 0.29) is 54.9 Å². The highest BCUT2D eigenvalue weighted by Crippen LogP contribution is 2.30. The van der Waals surface area contributed by atoms with Crippen LogP contribution < -0.4 is 14.4 Å². The summed E-state index contributed by atoms with van der Waals surface area (Å²) in [5.41, 5.74) is 0.532. The van der Waals surface area contributed by atoms with Crippen LogP contribution in [0.25, 0.3) is 0 Å². The SMILES string of the molecule is CCOC(=O)COc1nc(N2CCC(C(=O)NS(=O)(=O)Cc3ccccc3)CC2)c(C#N)cc1C(=O)OCC. The molecule has 0 radical (unpaired) electrons. The highest BCUT2D eigenvalue weighted by atomic mass is 32.2. The number of anilines is 1. The first-order chi connectivity index (χ1) is 18.7. The van der Waals surface area contributed by atoms with Gasteiger partial charge in [-0.1, -0.05) is 30.3 Å². The van der Waals surface area contributed by atoms with Crippen molar-refractivity contribution in [2.45, 2.75) is 32.4 Å². The second-order valence-electron chi connectivity index (χ2n) is 8.61. The minimum Gasteiger partial charge on any atom is -0.465 e. The minimum absolute atomic E-state index is 0.0786. The lowest BCUT2D eigenvalue weighted by Crippen LogP contribution is -2.43. The van der Waals surface area contributed by atoms with Gasteiger partial charge in [0.25, 0.3) is 0 Å². The molecule has 0 unspecified atom stereocenters. The van der Waals surface area contributed by atoms with Crippen molar-refractivity contribution in [1.29, 1.82) is 5.26 Å². The first kappa shape index (κ1) is 29.4. The standard InChI is InChI=1S/C26H30N4O8S/c1-3-36-22(31)16-38-25-21(26(33)37-4-2)14-20(15-27)23(28-25)30-12-10-19(11-13-30)24(32)29-39(34,35)17-18-8-6-5-7-9-18/h5-9,14,19H,3-4,10-13,16-17H2,1-2H3,(H,29,32). The maximum atomic E-state index is 12.7. The maximum Gasteiger partial charge on any atom is 0.344 e. The fraction of sp³-hybridized carbons (Fsp3) is 0.423. The fourth-order valence-corrected chi connectivity index (χ4v) is 5.20. The molecule has 1 fully saturated rings. The summed E-state index contributed by atoms with van der Waals surface area (Å²) in [5, 5.41) is 9.74. The monoisotopic (exact) mass is 558 g/mol. The number of sulfonamides is 1. The number of piperidine rings is 1. The summed E-state index contributed by atoms with van der Waals surface area (Å²) >= 11 is 0. The summed E-state index contributed by atoms with van der Waals surface area (Å²) in [7, 11) is -3.87. The van der Waals surface area contributed by atoms with Crippen LogP contribution in [0.4, 0.5) is 5.82 Å². The number of pyridine rings is 1. The van der Waals surface area contributed by atoms with Crippen LogP contribution in [0.15, 0.2) is 36.4 Å². The molecular formula is C26H30N4O8S. The van der Waals surface area contributed by atoms with E-state index in [1.165, 1.54) is 6.07 Å². The highest BCUT2D eigenvalue weighted by Gasteiger charge is 2.30. The topological polar surface area (TPSA) is 165 Å². The number of benzene rings is 1. The average Bonchev–Trinajstić information content (AvgIpc) is 2.91. The molecule has 0 spiro atoms. The van der Waals surface area contributed by atoms with Crippen LogP contribution in [0.2, 0.25) is 0 Å². The predicted molar refractivity (Wildman–Crippen MR) is 139 cm³/mol. The Balaban J connectivity index is 1.73. The van der Waals surface area contributed by atoms with Crippen LogP contribution in [0, 0.1) is 17.2 Å². The number of carbonyl (C=O) groups is 3. The van der Waals surface area contributed by atoms with Crippen LogP contribution in [0.1, 0.15) is 48.2 Å². The number of nitriles is 1. The van der Waals surface area contributed by atoms with Crippen LogP contribution in [-0.4, -0.2) is 64.2 Å². The van der Waals surface area contributed by atoms with Gasteiger partial charge in [0.15, 0.2) is 12.4 Å². The number of amides is 1. The van der Waals surface area contributed by atoms with Gasteiger partial charge in [-0.25, -0.2) is 18.0 Å². The quantitative estimate of drug-likeness (QED) is 0.401. The van der Waals surface area contributed by atoms with Crippen LogP contribution in [0.5, 0.6) is 5.88 Å². The zero-order valence-electron chi connectivity index (χ0n) is 21.7. The van der Waals surface area contributed by atoms with Gasteiger partial charge in [0.05, 0.1) is 24.5 Å². The van der Waals surface area contributed by atoms with Gasteiger partial charge in [0.2, 0.25) is 21.8 Å². The number of hydrogen-bond donors (Lipinski definition) is 1. The number of carbonyl (C=O) groups excluding carboxylic acids is 3. The number of nitrogens with one attached hydrogen (secondary N) is 1. The van der Waals surface area contributed by atoms with E-state index in [1.807, 2.05) is 6.07 Å². The molecule has 1 saturated heterocycles. The average molecular weight is 559 g/mol. The Bertz CT molecular complexity index is 1330. The van der Waals surface area contributed by atoms with Gasteiger partial charge in [0.1, 0.15) is 11.6 Å². The molecule has 1 aliphatic rings. The first-order valence-corrected chi connectivity index (χ1v) is 14.1. The van der Waals surface area contributed by atoms with Gasteiger partial charge in [-0.3, -0.25) is 9.52 Å². The van der Waals surface area contributed by atoms with Crippen molar-refractivity contribution in [1.82, 2.24) is 9.71 Å². The molecule has 13 heteroatoms. The van der Waals surface area contributed by atoms with E-state index in [9.17, 15) is 28.1 Å². The molecule has 39 heavy (non-hydrogen) atoms. The molecular weight excluding hydrogens is 528 g/mol. The Morgan fingerprint density at radius 3 is 2.38 bits per heavy atom. The van der Waals surface area contributed by atoms with Crippen molar-refractivity contribution < 1.29 is 37.0 Å². The highest BCUT2D eigenvalue weighted by molar-refractivity contribution is 7.89. The zero-order chi connectivity index (χ0) is 28.4. The number of rotatable bonds is 11. The van der Waals surface area contributed by atoms with Crippen molar-refractivity contribution in [2.75, 3.05) is 37.8 Å². The summed E-state index contributed by atoms with van der Waals surface area (Å²) in [5.74, 6) is -2.86. The largest absolute Gasteiger partial charge is 0.465 e. The molecule has 208 valence electrons. The minimum atomic E-state index is -3.87. The van der Waals surface area contributed by atoms with E-state index in [0.717, 1.165) is 0 Å².